The number of rotatable bonds is 0. The molecule has 0 spiro atoms. The van der Waals surface area contributed by atoms with E-state index >= 15 is 0 Å². The summed E-state index contributed by atoms with van der Waals surface area (Å²) in [4.78, 5) is 0. The molecule has 0 fully saturated rings. The van der Waals surface area contributed by atoms with Crippen LogP contribution in [-0.2, 0) is 0 Å². The minimum absolute atomic E-state index is 0. The van der Waals surface area contributed by atoms with Crippen molar-refractivity contribution in [3.63, 3.8) is 0 Å². The highest BCUT2D eigenvalue weighted by Gasteiger charge is 1.92. The molecule has 0 rings (SSSR count). The first-order valence-corrected chi connectivity index (χ1v) is 0.775. The van der Waals surface area contributed by atoms with E-state index in [4.69, 9.17) is 15.1 Å². The summed E-state index contributed by atoms with van der Waals surface area (Å²) in [5.74, 6) is 0. The van der Waals surface area contributed by atoms with Crippen molar-refractivity contribution in [3.05, 3.63) is 0 Å². The van der Waals surface area contributed by atoms with E-state index < -0.39 is 7.32 Å². The predicted molar refractivity (Wildman–Crippen MR) is 33.7 cm³/mol. The molecule has 0 heterocycles. The highest BCUT2D eigenvalue weighted by molar-refractivity contribution is 6.30. The molecule has 6 heteroatoms. The van der Waals surface area contributed by atoms with Crippen molar-refractivity contribution in [2.24, 2.45) is 0 Å². The zero-order valence-corrected chi connectivity index (χ0v) is 1.92. The van der Waals surface area contributed by atoms with Crippen LogP contribution >= 0.6 is 0 Å². The molecule has 0 unspecified atom stereocenters. The van der Waals surface area contributed by atoms with Crippen LogP contribution in [0.2, 0.25) is 0 Å². The molecule has 38 valence electrons. The molecule has 6 heavy (non-hydrogen) atoms. The smallest absolute Gasteiger partial charge is 0.402 e. The molecular weight excluding hydrogens is 114 g/mol. The van der Waals surface area contributed by atoms with E-state index in [0.29, 0.717) is 0 Å². The molecule has 0 saturated heterocycles. The van der Waals surface area contributed by atoms with Gasteiger partial charge in [0.2, 0.25) is 0 Å². The molecule has 3 N–H and O–H groups in total. The first kappa shape index (κ1) is 15.9. The molecule has 0 aliphatic rings. The van der Waals surface area contributed by atoms with Crippen LogP contribution in [0.3, 0.4) is 0 Å². The first-order chi connectivity index (χ1) is 1.73. The van der Waals surface area contributed by atoms with Crippen molar-refractivity contribution < 1.29 is 15.1 Å². The fraction of sp³-hybridized carbons (Fsp3) is 0. The summed E-state index contributed by atoms with van der Waals surface area (Å²) in [5.41, 5.74) is 0. The van der Waals surface area contributed by atoms with E-state index in [-0.39, 0.29) is 28.3 Å². The van der Waals surface area contributed by atoms with Crippen molar-refractivity contribution in [2.45, 2.75) is 0 Å². The third-order valence-electron chi connectivity index (χ3n) is 0. The molecule has 0 aromatic heterocycles. The predicted octanol–water partition coefficient (Wildman–Crippen LogP) is -4.69. The maximum absolute atomic E-state index is 7.17. The summed E-state index contributed by atoms with van der Waals surface area (Å²) in [6.07, 6.45) is 0. The van der Waals surface area contributed by atoms with Crippen molar-refractivity contribution in [2.75, 3.05) is 0 Å². The fourth-order valence-corrected chi connectivity index (χ4v) is 0. The number of hydrogen-bond donors (Lipinski definition) is 3. The second-order valence-electron chi connectivity index (χ2n) is 0.346. The zero-order chi connectivity index (χ0) is 3.58. The SMILES string of the molecule is OB(O)O.[AlH3].[SiH4]. The Kier molecular flexibility index (Phi) is 24.4. The second-order valence-corrected chi connectivity index (χ2v) is 0.346. The van der Waals surface area contributed by atoms with Crippen LogP contribution in [0.4, 0.5) is 0 Å². The first-order valence-electron chi connectivity index (χ1n) is 0.775. The molecule has 0 atom stereocenters. The largest absolute Gasteiger partial charge is 0.631 e. The average Bonchev–Trinajstić information content (AvgIpc) is 0.811. The lowest BCUT2D eigenvalue weighted by atomic mass is 10.3. The second kappa shape index (κ2) is 9.19. The van der Waals surface area contributed by atoms with Crippen molar-refractivity contribution in [3.8, 4) is 0 Å². The van der Waals surface area contributed by atoms with Gasteiger partial charge in [0.15, 0.2) is 17.4 Å². The molecule has 0 aliphatic carbocycles. The molecule has 3 nitrogen and oxygen atoms in total. The molecule has 0 amide bonds. The van der Waals surface area contributed by atoms with E-state index in [1.165, 1.54) is 0 Å². The van der Waals surface area contributed by atoms with E-state index in [9.17, 15) is 0 Å². The standard InChI is InChI=1S/Al.BH3O3.H4Si.3H/c;2-1(3)4;;;;/h;2-4H;1H4;;;. The highest BCUT2D eigenvalue weighted by atomic mass is 28.1. The Labute approximate surface area is 51.3 Å². The quantitative estimate of drug-likeness (QED) is 0.284. The van der Waals surface area contributed by atoms with Crippen LogP contribution < -0.4 is 0 Å². The Morgan fingerprint density at radius 3 is 1.00 bits per heavy atom. The molecule has 0 saturated carbocycles. The van der Waals surface area contributed by atoms with Gasteiger partial charge in [0.1, 0.15) is 0 Å². The molecule has 0 aliphatic heterocycles. The molecule has 0 aromatic rings. The van der Waals surface area contributed by atoms with Gasteiger partial charge in [-0.25, -0.2) is 0 Å². The van der Waals surface area contributed by atoms with Gasteiger partial charge in [0.25, 0.3) is 0 Å². The van der Waals surface area contributed by atoms with E-state index in [0.717, 1.165) is 0 Å². The summed E-state index contributed by atoms with van der Waals surface area (Å²) in [6.45, 7) is 0. The lowest BCUT2D eigenvalue weighted by Gasteiger charge is -1.69. The van der Waals surface area contributed by atoms with E-state index in [2.05, 4.69) is 0 Å². The average molecular weight is 124 g/mol. The summed E-state index contributed by atoms with van der Waals surface area (Å²) in [7, 11) is -2.17. The number of hydrogen-bond acceptors (Lipinski definition) is 3. The Bertz CT molecular complexity index is 15.5. The lowest BCUT2D eigenvalue weighted by Crippen LogP contribution is -2.07. The highest BCUT2D eigenvalue weighted by Crippen LogP contribution is 1.40. The maximum Gasteiger partial charge on any atom is 0.631 e. The van der Waals surface area contributed by atoms with Crippen LogP contribution in [0.1, 0.15) is 0 Å². The van der Waals surface area contributed by atoms with Crippen LogP contribution in [0.5, 0.6) is 0 Å². The monoisotopic (exact) mass is 124 g/mol. The minimum Gasteiger partial charge on any atom is -0.402 e. The molecule has 0 radical (unpaired) electrons. The van der Waals surface area contributed by atoms with Crippen molar-refractivity contribution in [1.82, 2.24) is 0 Å². The van der Waals surface area contributed by atoms with Crippen LogP contribution in [0.15, 0.2) is 0 Å². The molecule has 0 bridgehead atoms. The van der Waals surface area contributed by atoms with Gasteiger partial charge < -0.3 is 15.1 Å². The van der Waals surface area contributed by atoms with E-state index in [1.807, 2.05) is 0 Å². The Hall–Kier alpha value is 0.694. The molecule has 0 aromatic carbocycles. The van der Waals surface area contributed by atoms with E-state index in [1.54, 1.807) is 0 Å². The maximum atomic E-state index is 7.17. The van der Waals surface area contributed by atoms with Crippen LogP contribution in [0.25, 0.3) is 0 Å². The van der Waals surface area contributed by atoms with Crippen molar-refractivity contribution in [1.29, 1.82) is 0 Å². The summed E-state index contributed by atoms with van der Waals surface area (Å²) >= 11 is 0. The zero-order valence-electron chi connectivity index (χ0n) is 1.92. The third kappa shape index (κ3) is 133. The third-order valence-corrected chi connectivity index (χ3v) is 0. The van der Waals surface area contributed by atoms with Gasteiger partial charge in [-0.3, -0.25) is 0 Å². The Balaban J connectivity index is -0.0000000450. The summed E-state index contributed by atoms with van der Waals surface area (Å²) in [6, 6.07) is 0. The van der Waals surface area contributed by atoms with Gasteiger partial charge in [0.05, 0.1) is 0 Å². The van der Waals surface area contributed by atoms with Gasteiger partial charge in [0, 0.05) is 0 Å². The van der Waals surface area contributed by atoms with Gasteiger partial charge in [-0.15, -0.1) is 0 Å². The minimum atomic E-state index is -2.17. The fourth-order valence-electron chi connectivity index (χ4n) is 0. The molecular formula is H10AlBO3Si. The van der Waals surface area contributed by atoms with Gasteiger partial charge in [-0.05, 0) is 11.0 Å². The summed E-state index contributed by atoms with van der Waals surface area (Å²) < 4.78 is 0. The van der Waals surface area contributed by atoms with Crippen LogP contribution in [-0.4, -0.2) is 50.7 Å². The summed E-state index contributed by atoms with van der Waals surface area (Å²) in [5, 5.41) is 21.5. The Morgan fingerprint density at radius 2 is 1.00 bits per heavy atom. The van der Waals surface area contributed by atoms with Gasteiger partial charge >= 0.3 is 7.32 Å². The Morgan fingerprint density at radius 1 is 1.00 bits per heavy atom. The van der Waals surface area contributed by atoms with Crippen molar-refractivity contribution >= 4 is 35.6 Å². The van der Waals surface area contributed by atoms with Gasteiger partial charge in [-0.2, -0.15) is 0 Å². The lowest BCUT2D eigenvalue weighted by molar-refractivity contribution is 0.278. The normalized spacial score (nSPS) is 4.50. The van der Waals surface area contributed by atoms with Gasteiger partial charge in [-0.1, -0.05) is 0 Å². The van der Waals surface area contributed by atoms with Crippen LogP contribution in [0, 0.1) is 0 Å². The topological polar surface area (TPSA) is 60.7 Å².